The third-order valence-electron chi connectivity index (χ3n) is 3.80. The number of rotatable bonds is 9. The van der Waals surface area contributed by atoms with Gasteiger partial charge in [0, 0.05) is 6.04 Å². The van der Waals surface area contributed by atoms with Crippen LogP contribution in [0.2, 0.25) is 0 Å². The fourth-order valence-corrected chi connectivity index (χ4v) is 2.79. The van der Waals surface area contributed by atoms with Gasteiger partial charge in [-0.25, -0.2) is 0 Å². The van der Waals surface area contributed by atoms with Gasteiger partial charge in [0.2, 0.25) is 0 Å². The second kappa shape index (κ2) is 9.00. The first-order valence-corrected chi connectivity index (χ1v) is 7.33. The average Bonchev–Trinajstić information content (AvgIpc) is 2.82. The van der Waals surface area contributed by atoms with Crippen LogP contribution < -0.4 is 5.32 Å². The van der Waals surface area contributed by atoms with Gasteiger partial charge in [0.05, 0.1) is 0 Å². The Labute approximate surface area is 102 Å². The maximum Gasteiger partial charge on any atom is 0.00951 e. The number of unbranched alkanes of at least 4 members (excludes halogenated alkanes) is 2. The fourth-order valence-electron chi connectivity index (χ4n) is 2.79. The van der Waals surface area contributed by atoms with Crippen LogP contribution in [0, 0.1) is 0 Å². The summed E-state index contributed by atoms with van der Waals surface area (Å²) < 4.78 is 0. The second-order valence-electron chi connectivity index (χ2n) is 4.98. The maximum absolute atomic E-state index is 3.39. The van der Waals surface area contributed by atoms with Crippen LogP contribution in [-0.2, 0) is 0 Å². The Morgan fingerprint density at radius 2 is 1.81 bits per heavy atom. The van der Waals surface area contributed by atoms with Gasteiger partial charge in [-0.3, -0.25) is 0 Å². The minimum absolute atomic E-state index is 0.916. The lowest BCUT2D eigenvalue weighted by atomic mass is 10.1. The van der Waals surface area contributed by atoms with Crippen molar-refractivity contribution in [2.45, 2.75) is 64.8 Å². The summed E-state index contributed by atoms with van der Waals surface area (Å²) in [7, 11) is 0. The lowest BCUT2D eigenvalue weighted by Crippen LogP contribution is -2.33. The first kappa shape index (κ1) is 14.0. The second-order valence-corrected chi connectivity index (χ2v) is 4.98. The topological polar surface area (TPSA) is 15.3 Å². The Hall–Kier alpha value is -0.0800. The van der Waals surface area contributed by atoms with Crippen LogP contribution in [0.3, 0.4) is 0 Å². The Morgan fingerprint density at radius 3 is 2.44 bits per heavy atom. The average molecular weight is 226 g/mol. The molecule has 0 bridgehead atoms. The fraction of sp³-hybridized carbons (Fsp3) is 1.00. The number of nitrogens with one attached hydrogen (secondary N) is 1. The van der Waals surface area contributed by atoms with Crippen LogP contribution in [0.1, 0.15) is 58.8 Å². The molecule has 0 saturated heterocycles. The van der Waals surface area contributed by atoms with Crippen LogP contribution >= 0.6 is 0 Å². The maximum atomic E-state index is 3.39. The van der Waals surface area contributed by atoms with E-state index in [1.54, 1.807) is 0 Å². The Morgan fingerprint density at radius 1 is 1.06 bits per heavy atom. The van der Waals surface area contributed by atoms with Crippen LogP contribution in [0.5, 0.6) is 0 Å². The van der Waals surface area contributed by atoms with E-state index in [2.05, 4.69) is 24.1 Å². The van der Waals surface area contributed by atoms with Crippen molar-refractivity contribution in [3.63, 3.8) is 0 Å². The summed E-state index contributed by atoms with van der Waals surface area (Å²) in [6.45, 7) is 9.39. The summed E-state index contributed by atoms with van der Waals surface area (Å²) in [6, 6.07) is 0.916. The highest BCUT2D eigenvalue weighted by atomic mass is 15.1. The van der Waals surface area contributed by atoms with Gasteiger partial charge in [-0.1, -0.05) is 33.1 Å². The lowest BCUT2D eigenvalue weighted by molar-refractivity contribution is 0.204. The van der Waals surface area contributed by atoms with Crippen molar-refractivity contribution in [2.75, 3.05) is 26.2 Å². The summed E-state index contributed by atoms with van der Waals surface area (Å²) in [5.74, 6) is 0. The SMILES string of the molecule is CCNCCCCCN(CC)C1CCCC1. The van der Waals surface area contributed by atoms with E-state index in [1.165, 1.54) is 64.6 Å². The van der Waals surface area contributed by atoms with Crippen molar-refractivity contribution in [2.24, 2.45) is 0 Å². The van der Waals surface area contributed by atoms with E-state index in [0.29, 0.717) is 0 Å². The molecule has 0 radical (unpaired) electrons. The van der Waals surface area contributed by atoms with Crippen molar-refractivity contribution < 1.29 is 0 Å². The molecule has 0 aromatic rings. The van der Waals surface area contributed by atoms with Gasteiger partial charge in [0.1, 0.15) is 0 Å². The normalized spacial score (nSPS) is 17.4. The molecule has 1 aliphatic carbocycles. The summed E-state index contributed by atoms with van der Waals surface area (Å²) in [4.78, 5) is 2.71. The monoisotopic (exact) mass is 226 g/mol. The zero-order chi connectivity index (χ0) is 11.6. The van der Waals surface area contributed by atoms with Crippen molar-refractivity contribution in [3.8, 4) is 0 Å². The van der Waals surface area contributed by atoms with E-state index in [1.807, 2.05) is 0 Å². The van der Waals surface area contributed by atoms with Gasteiger partial charge < -0.3 is 10.2 Å². The molecule has 1 N–H and O–H groups in total. The van der Waals surface area contributed by atoms with E-state index in [9.17, 15) is 0 Å². The molecule has 0 atom stereocenters. The van der Waals surface area contributed by atoms with Gasteiger partial charge in [-0.2, -0.15) is 0 Å². The van der Waals surface area contributed by atoms with E-state index in [-0.39, 0.29) is 0 Å². The minimum atomic E-state index is 0.916. The van der Waals surface area contributed by atoms with Crippen LogP contribution in [0.15, 0.2) is 0 Å². The molecule has 0 unspecified atom stereocenters. The van der Waals surface area contributed by atoms with Crippen LogP contribution in [0.25, 0.3) is 0 Å². The third-order valence-corrected chi connectivity index (χ3v) is 3.80. The summed E-state index contributed by atoms with van der Waals surface area (Å²) >= 11 is 0. The highest BCUT2D eigenvalue weighted by Crippen LogP contribution is 2.23. The van der Waals surface area contributed by atoms with Crippen LogP contribution in [-0.4, -0.2) is 37.1 Å². The minimum Gasteiger partial charge on any atom is -0.317 e. The van der Waals surface area contributed by atoms with Gasteiger partial charge in [0.25, 0.3) is 0 Å². The van der Waals surface area contributed by atoms with Crippen molar-refractivity contribution >= 4 is 0 Å². The van der Waals surface area contributed by atoms with Crippen molar-refractivity contribution in [1.29, 1.82) is 0 Å². The molecular weight excluding hydrogens is 196 g/mol. The Bertz CT molecular complexity index is 153. The predicted octanol–water partition coefficient (Wildman–Crippen LogP) is 3.03. The van der Waals surface area contributed by atoms with E-state index >= 15 is 0 Å². The molecule has 1 aliphatic rings. The molecule has 2 nitrogen and oxygen atoms in total. The largest absolute Gasteiger partial charge is 0.317 e. The molecule has 1 rings (SSSR count). The van der Waals surface area contributed by atoms with Gasteiger partial charge in [-0.15, -0.1) is 0 Å². The van der Waals surface area contributed by atoms with E-state index in [4.69, 9.17) is 0 Å². The van der Waals surface area contributed by atoms with Gasteiger partial charge in [0.15, 0.2) is 0 Å². The highest BCUT2D eigenvalue weighted by molar-refractivity contribution is 4.76. The van der Waals surface area contributed by atoms with Gasteiger partial charge >= 0.3 is 0 Å². The molecule has 0 spiro atoms. The van der Waals surface area contributed by atoms with Crippen LogP contribution in [0.4, 0.5) is 0 Å². The summed E-state index contributed by atoms with van der Waals surface area (Å²) in [6.07, 6.45) is 9.93. The molecule has 0 amide bonds. The quantitative estimate of drug-likeness (QED) is 0.608. The zero-order valence-corrected chi connectivity index (χ0v) is 11.3. The molecule has 1 fully saturated rings. The molecule has 1 saturated carbocycles. The predicted molar refractivity (Wildman–Crippen MR) is 71.9 cm³/mol. The van der Waals surface area contributed by atoms with E-state index < -0.39 is 0 Å². The van der Waals surface area contributed by atoms with Gasteiger partial charge in [-0.05, 0) is 51.9 Å². The molecular formula is C14H30N2. The van der Waals surface area contributed by atoms with E-state index in [0.717, 1.165) is 12.6 Å². The number of nitrogens with zero attached hydrogens (tertiary/aromatic N) is 1. The molecule has 0 aliphatic heterocycles. The molecule has 0 heterocycles. The summed E-state index contributed by atoms with van der Waals surface area (Å²) in [5, 5.41) is 3.39. The smallest absolute Gasteiger partial charge is 0.00951 e. The Kier molecular flexibility index (Phi) is 7.87. The zero-order valence-electron chi connectivity index (χ0n) is 11.3. The third kappa shape index (κ3) is 5.31. The first-order valence-electron chi connectivity index (χ1n) is 7.33. The first-order chi connectivity index (χ1) is 7.88. The van der Waals surface area contributed by atoms with Crippen molar-refractivity contribution in [1.82, 2.24) is 10.2 Å². The Balaban J connectivity index is 2.00. The highest BCUT2D eigenvalue weighted by Gasteiger charge is 2.20. The number of hydrogen-bond acceptors (Lipinski definition) is 2. The molecule has 2 heteroatoms. The molecule has 96 valence electrons. The summed E-state index contributed by atoms with van der Waals surface area (Å²) in [5.41, 5.74) is 0. The standard InChI is InChI=1S/C14H30N2/c1-3-15-12-8-5-9-13-16(4-2)14-10-6-7-11-14/h14-15H,3-13H2,1-2H3. The van der Waals surface area contributed by atoms with Crippen molar-refractivity contribution in [3.05, 3.63) is 0 Å². The molecule has 0 aromatic heterocycles. The molecule has 16 heavy (non-hydrogen) atoms. The molecule has 0 aromatic carbocycles. The number of hydrogen-bond donors (Lipinski definition) is 1. The lowest BCUT2D eigenvalue weighted by Gasteiger charge is -2.27.